The van der Waals surface area contributed by atoms with Gasteiger partial charge in [-0.15, -0.1) is 0 Å². The number of hydrogen-bond acceptors (Lipinski definition) is 5. The lowest BCUT2D eigenvalue weighted by Crippen LogP contribution is -2.16. The summed E-state index contributed by atoms with van der Waals surface area (Å²) in [4.78, 5) is 11.6. The van der Waals surface area contributed by atoms with Gasteiger partial charge in [0, 0.05) is 0 Å². The summed E-state index contributed by atoms with van der Waals surface area (Å²) in [5.74, 6) is 0.0550. The molecule has 2 aromatic rings. The van der Waals surface area contributed by atoms with Crippen molar-refractivity contribution < 1.29 is 19.1 Å². The summed E-state index contributed by atoms with van der Waals surface area (Å²) >= 11 is 3.11. The Kier molecular flexibility index (Phi) is 4.41. The third kappa shape index (κ3) is 3.39. The average Bonchev–Trinajstić information content (AvgIpc) is 2.87. The first kappa shape index (κ1) is 14.1. The predicted molar refractivity (Wildman–Crippen MR) is 76.1 cm³/mol. The molecule has 0 aliphatic heterocycles. The Bertz CT molecular complexity index is 652. The highest BCUT2D eigenvalue weighted by molar-refractivity contribution is 9.10. The van der Waals surface area contributed by atoms with Gasteiger partial charge in [-0.1, -0.05) is 0 Å². The van der Waals surface area contributed by atoms with Gasteiger partial charge in [0.15, 0.2) is 21.9 Å². The van der Waals surface area contributed by atoms with Crippen molar-refractivity contribution in [2.45, 2.75) is 0 Å². The number of halogens is 1. The molecule has 0 saturated carbocycles. The maximum absolute atomic E-state index is 11.6. The molecule has 1 aromatic carbocycles. The number of methoxy groups -OCH3 is 1. The van der Waals surface area contributed by atoms with Crippen LogP contribution in [-0.4, -0.2) is 24.3 Å². The molecule has 0 aliphatic carbocycles. The lowest BCUT2D eigenvalue weighted by atomic mass is 10.2. The largest absolute Gasteiger partial charge is 0.504 e. The molecule has 104 valence electrons. The number of nitrogens with zero attached hydrogens (tertiary/aromatic N) is 1. The summed E-state index contributed by atoms with van der Waals surface area (Å²) in [5.41, 5.74) is 2.99. The van der Waals surface area contributed by atoms with Gasteiger partial charge in [-0.25, -0.2) is 5.43 Å². The summed E-state index contributed by atoms with van der Waals surface area (Å²) in [5, 5.41) is 13.2. The predicted octanol–water partition coefficient (Wildman–Crippen LogP) is 2.52. The number of phenols is 1. The van der Waals surface area contributed by atoms with Crippen molar-refractivity contribution in [2.24, 2.45) is 5.10 Å². The van der Waals surface area contributed by atoms with Gasteiger partial charge in [-0.3, -0.25) is 4.79 Å². The number of ether oxygens (including phenoxy) is 1. The van der Waals surface area contributed by atoms with E-state index < -0.39 is 5.91 Å². The minimum Gasteiger partial charge on any atom is -0.504 e. The van der Waals surface area contributed by atoms with Crippen LogP contribution in [0.3, 0.4) is 0 Å². The van der Waals surface area contributed by atoms with Crippen molar-refractivity contribution in [2.75, 3.05) is 7.11 Å². The quantitative estimate of drug-likeness (QED) is 0.662. The molecule has 0 aliphatic rings. The van der Waals surface area contributed by atoms with Gasteiger partial charge in [0.05, 0.1) is 13.3 Å². The number of amides is 1. The van der Waals surface area contributed by atoms with Crippen molar-refractivity contribution in [3.05, 3.63) is 46.3 Å². The van der Waals surface area contributed by atoms with E-state index in [2.05, 4.69) is 26.5 Å². The first-order valence-corrected chi connectivity index (χ1v) is 6.35. The monoisotopic (exact) mass is 338 g/mol. The molecular formula is C13H11BrN2O4. The van der Waals surface area contributed by atoms with E-state index in [0.717, 1.165) is 0 Å². The van der Waals surface area contributed by atoms with Crippen LogP contribution in [0, 0.1) is 0 Å². The third-order valence-corrected chi connectivity index (χ3v) is 2.81. The van der Waals surface area contributed by atoms with Gasteiger partial charge in [0.2, 0.25) is 0 Å². The molecule has 0 spiro atoms. The number of aromatic hydroxyl groups is 1. The first-order valence-electron chi connectivity index (χ1n) is 5.56. The summed E-state index contributed by atoms with van der Waals surface area (Å²) in [6.07, 6.45) is 1.43. The van der Waals surface area contributed by atoms with Crippen molar-refractivity contribution >= 4 is 28.1 Å². The Morgan fingerprint density at radius 3 is 2.90 bits per heavy atom. The second kappa shape index (κ2) is 6.25. The van der Waals surface area contributed by atoms with E-state index in [4.69, 9.17) is 9.15 Å². The zero-order valence-corrected chi connectivity index (χ0v) is 12.0. The van der Waals surface area contributed by atoms with Crippen LogP contribution in [0.5, 0.6) is 11.5 Å². The normalized spacial score (nSPS) is 10.7. The fraction of sp³-hybridized carbons (Fsp3) is 0.0769. The second-order valence-corrected chi connectivity index (χ2v) is 4.52. The molecule has 0 saturated heterocycles. The smallest absolute Gasteiger partial charge is 0.307 e. The minimum absolute atomic E-state index is 0.0362. The standard InChI is InChI=1S/C13H11BrN2O4/c1-19-11-6-8(2-3-9(11)17)7-15-16-13(18)10-4-5-12(14)20-10/h2-7,17H,1H3,(H,16,18). The van der Waals surface area contributed by atoms with Crippen molar-refractivity contribution in [3.63, 3.8) is 0 Å². The van der Waals surface area contributed by atoms with E-state index >= 15 is 0 Å². The van der Waals surface area contributed by atoms with Gasteiger partial charge in [0.25, 0.3) is 0 Å². The van der Waals surface area contributed by atoms with Gasteiger partial charge in [-0.05, 0) is 51.8 Å². The number of phenolic OH excluding ortho intramolecular Hbond substituents is 1. The Hall–Kier alpha value is -2.28. The zero-order valence-electron chi connectivity index (χ0n) is 10.5. The lowest BCUT2D eigenvalue weighted by molar-refractivity contribution is 0.0926. The Morgan fingerprint density at radius 2 is 2.25 bits per heavy atom. The van der Waals surface area contributed by atoms with E-state index in [1.54, 1.807) is 18.2 Å². The molecule has 0 unspecified atom stereocenters. The SMILES string of the molecule is COc1cc(C=NNC(=O)c2ccc(Br)o2)ccc1O. The Balaban J connectivity index is 2.01. The van der Waals surface area contributed by atoms with Crippen LogP contribution in [0.1, 0.15) is 16.1 Å². The molecule has 0 bridgehead atoms. The highest BCUT2D eigenvalue weighted by Gasteiger charge is 2.08. The fourth-order valence-corrected chi connectivity index (χ4v) is 1.74. The number of rotatable bonds is 4. The van der Waals surface area contributed by atoms with Crippen LogP contribution in [0.25, 0.3) is 0 Å². The van der Waals surface area contributed by atoms with Gasteiger partial charge < -0.3 is 14.3 Å². The van der Waals surface area contributed by atoms with Crippen LogP contribution in [0.15, 0.2) is 44.5 Å². The lowest BCUT2D eigenvalue weighted by Gasteiger charge is -2.03. The molecule has 6 nitrogen and oxygen atoms in total. The number of furan rings is 1. The fourth-order valence-electron chi connectivity index (χ4n) is 1.43. The van der Waals surface area contributed by atoms with Gasteiger partial charge in [-0.2, -0.15) is 5.10 Å². The van der Waals surface area contributed by atoms with Crippen LogP contribution >= 0.6 is 15.9 Å². The summed E-state index contributed by atoms with van der Waals surface area (Å²) in [6.45, 7) is 0. The van der Waals surface area contributed by atoms with Crippen molar-refractivity contribution in [3.8, 4) is 11.5 Å². The molecule has 1 amide bonds. The van der Waals surface area contributed by atoms with E-state index in [9.17, 15) is 9.90 Å². The van der Waals surface area contributed by atoms with Gasteiger partial charge in [0.1, 0.15) is 0 Å². The number of benzene rings is 1. The molecule has 0 atom stereocenters. The molecule has 2 rings (SSSR count). The van der Waals surface area contributed by atoms with E-state index in [1.807, 2.05) is 0 Å². The van der Waals surface area contributed by atoms with Crippen molar-refractivity contribution in [1.82, 2.24) is 5.43 Å². The molecule has 20 heavy (non-hydrogen) atoms. The molecule has 7 heteroatoms. The highest BCUT2D eigenvalue weighted by Crippen LogP contribution is 2.25. The van der Waals surface area contributed by atoms with Crippen LogP contribution in [-0.2, 0) is 0 Å². The molecule has 1 aromatic heterocycles. The summed E-state index contributed by atoms with van der Waals surface area (Å²) in [6, 6.07) is 7.85. The maximum Gasteiger partial charge on any atom is 0.307 e. The number of hydrazone groups is 1. The molecule has 0 radical (unpaired) electrons. The van der Waals surface area contributed by atoms with Crippen LogP contribution < -0.4 is 10.2 Å². The second-order valence-electron chi connectivity index (χ2n) is 3.73. The number of carbonyl (C=O) groups is 1. The average molecular weight is 339 g/mol. The van der Waals surface area contributed by atoms with E-state index in [-0.39, 0.29) is 11.5 Å². The topological polar surface area (TPSA) is 84.1 Å². The van der Waals surface area contributed by atoms with Crippen LogP contribution in [0.4, 0.5) is 0 Å². The zero-order chi connectivity index (χ0) is 14.5. The summed E-state index contributed by atoms with van der Waals surface area (Å²) < 4.78 is 10.5. The van der Waals surface area contributed by atoms with E-state index in [1.165, 1.54) is 25.5 Å². The summed E-state index contributed by atoms with van der Waals surface area (Å²) in [7, 11) is 1.45. The highest BCUT2D eigenvalue weighted by atomic mass is 79.9. The minimum atomic E-state index is -0.460. The van der Waals surface area contributed by atoms with Gasteiger partial charge >= 0.3 is 5.91 Å². The molecule has 2 N–H and O–H groups in total. The first-order chi connectivity index (χ1) is 9.60. The molecule has 1 heterocycles. The number of carbonyl (C=O) groups excluding carboxylic acids is 1. The van der Waals surface area contributed by atoms with Crippen LogP contribution in [0.2, 0.25) is 0 Å². The third-order valence-electron chi connectivity index (χ3n) is 2.38. The Labute approximate surface area is 123 Å². The van der Waals surface area contributed by atoms with Crippen molar-refractivity contribution in [1.29, 1.82) is 0 Å². The molecule has 0 fully saturated rings. The molecular weight excluding hydrogens is 328 g/mol. The number of hydrogen-bond donors (Lipinski definition) is 2. The Morgan fingerprint density at radius 1 is 1.45 bits per heavy atom. The number of nitrogens with one attached hydrogen (secondary N) is 1. The van der Waals surface area contributed by atoms with E-state index in [0.29, 0.717) is 16.0 Å². The maximum atomic E-state index is 11.6.